The highest BCUT2D eigenvalue weighted by atomic mass is 28.3. The fourth-order valence-corrected chi connectivity index (χ4v) is 9.99. The molecule has 1 aliphatic heterocycles. The van der Waals surface area contributed by atoms with E-state index in [0.717, 1.165) is 0 Å². The molecular formula is C35H34N2Si. The minimum absolute atomic E-state index is 1.25. The van der Waals surface area contributed by atoms with E-state index in [1.165, 1.54) is 61.3 Å². The molecule has 5 aromatic rings. The molecule has 0 atom stereocenters. The van der Waals surface area contributed by atoms with Crippen LogP contribution in [0.1, 0.15) is 22.3 Å². The standard InChI is InChI=1S/C35H34N2Si/c1-25-11-9-15-31(21-25)36-34-23-27(3)28(4)24-35(34)37(32-16-10-12-26(2)22-32)38(36,5)33-19-17-30(18-20-33)29-13-7-6-8-14-29/h6-24H,1-5H3. The Kier molecular flexibility index (Phi) is 5.96. The van der Waals surface area contributed by atoms with Gasteiger partial charge in [-0.15, -0.1) is 0 Å². The summed E-state index contributed by atoms with van der Waals surface area (Å²) < 4.78 is 5.34. The maximum Gasteiger partial charge on any atom is 0.303 e. The summed E-state index contributed by atoms with van der Waals surface area (Å²) in [4.78, 5) is 0. The van der Waals surface area contributed by atoms with E-state index in [4.69, 9.17) is 0 Å². The normalized spacial score (nSPS) is 14.0. The maximum atomic E-state index is 2.67. The fraction of sp³-hybridized carbons (Fsp3) is 0.143. The van der Waals surface area contributed by atoms with Crippen LogP contribution in [-0.4, -0.2) is 8.40 Å². The Morgan fingerprint density at radius 2 is 0.947 bits per heavy atom. The van der Waals surface area contributed by atoms with Crippen molar-refractivity contribution in [2.75, 3.05) is 9.13 Å². The van der Waals surface area contributed by atoms with Crippen molar-refractivity contribution >= 4 is 36.3 Å². The summed E-state index contributed by atoms with van der Waals surface area (Å²) in [6.07, 6.45) is 0. The summed E-state index contributed by atoms with van der Waals surface area (Å²) in [6, 6.07) is 42.7. The first kappa shape index (κ1) is 24.3. The first-order valence-corrected chi connectivity index (χ1v) is 15.8. The van der Waals surface area contributed by atoms with E-state index < -0.39 is 8.40 Å². The number of rotatable bonds is 4. The zero-order valence-electron chi connectivity index (χ0n) is 22.9. The molecule has 0 saturated carbocycles. The number of benzene rings is 5. The summed E-state index contributed by atoms with van der Waals surface area (Å²) in [5.41, 5.74) is 12.8. The topological polar surface area (TPSA) is 6.48 Å². The molecule has 0 amide bonds. The van der Waals surface area contributed by atoms with Crippen molar-refractivity contribution in [3.63, 3.8) is 0 Å². The molecule has 6 rings (SSSR count). The van der Waals surface area contributed by atoms with Crippen molar-refractivity contribution in [1.29, 1.82) is 0 Å². The molecule has 0 saturated heterocycles. The first-order valence-electron chi connectivity index (χ1n) is 13.4. The molecule has 0 aliphatic carbocycles. The van der Waals surface area contributed by atoms with E-state index in [2.05, 4.69) is 159 Å². The Morgan fingerprint density at radius 1 is 0.474 bits per heavy atom. The van der Waals surface area contributed by atoms with Gasteiger partial charge in [-0.1, -0.05) is 78.9 Å². The molecule has 188 valence electrons. The van der Waals surface area contributed by atoms with Crippen LogP contribution in [0.4, 0.5) is 22.7 Å². The SMILES string of the molecule is Cc1cccc(N2c3cc(C)c(C)cc3N(c3cccc(C)c3)[Si]2(C)c2ccc(-c3ccccc3)cc2)c1. The molecule has 0 fully saturated rings. The van der Waals surface area contributed by atoms with E-state index >= 15 is 0 Å². The number of anilines is 4. The van der Waals surface area contributed by atoms with Gasteiger partial charge in [-0.3, -0.25) is 0 Å². The molecular weight excluding hydrogens is 476 g/mol. The predicted octanol–water partition coefficient (Wildman–Crippen LogP) is 8.86. The van der Waals surface area contributed by atoms with Gasteiger partial charge >= 0.3 is 8.40 Å². The summed E-state index contributed by atoms with van der Waals surface area (Å²) in [6.45, 7) is 11.3. The van der Waals surface area contributed by atoms with E-state index in [0.29, 0.717) is 0 Å². The lowest BCUT2D eigenvalue weighted by molar-refractivity contribution is 1.31. The van der Waals surface area contributed by atoms with Gasteiger partial charge in [0.25, 0.3) is 0 Å². The van der Waals surface area contributed by atoms with Crippen molar-refractivity contribution in [3.8, 4) is 11.1 Å². The highest BCUT2D eigenvalue weighted by Gasteiger charge is 2.52. The van der Waals surface area contributed by atoms with Gasteiger partial charge in [0, 0.05) is 11.4 Å². The second-order valence-corrected chi connectivity index (χ2v) is 14.3. The van der Waals surface area contributed by atoms with Crippen molar-refractivity contribution < 1.29 is 0 Å². The average Bonchev–Trinajstić information content (AvgIpc) is 3.17. The molecule has 0 N–H and O–H groups in total. The third kappa shape index (κ3) is 3.95. The van der Waals surface area contributed by atoms with Gasteiger partial charge in [0.15, 0.2) is 0 Å². The Morgan fingerprint density at radius 3 is 1.42 bits per heavy atom. The highest BCUT2D eigenvalue weighted by Crippen LogP contribution is 2.51. The molecule has 0 unspecified atom stereocenters. The largest absolute Gasteiger partial charge is 0.345 e. The van der Waals surface area contributed by atoms with Crippen molar-refractivity contribution in [2.45, 2.75) is 34.2 Å². The summed E-state index contributed by atoms with van der Waals surface area (Å²) in [7, 11) is -2.56. The van der Waals surface area contributed by atoms with Gasteiger partial charge in [0.05, 0.1) is 11.4 Å². The Balaban J connectivity index is 1.62. The second kappa shape index (κ2) is 9.34. The minimum Gasteiger partial charge on any atom is -0.345 e. The lowest BCUT2D eigenvalue weighted by Gasteiger charge is -2.41. The molecule has 1 aliphatic rings. The fourth-order valence-electron chi connectivity index (χ4n) is 5.90. The zero-order valence-corrected chi connectivity index (χ0v) is 23.9. The first-order chi connectivity index (χ1) is 18.4. The lowest BCUT2D eigenvalue weighted by Crippen LogP contribution is -2.65. The number of hydrogen-bond acceptors (Lipinski definition) is 2. The monoisotopic (exact) mass is 510 g/mol. The molecule has 0 radical (unpaired) electrons. The van der Waals surface area contributed by atoms with Crippen LogP contribution in [0.5, 0.6) is 0 Å². The summed E-state index contributed by atoms with van der Waals surface area (Å²) in [5.74, 6) is 0. The lowest BCUT2D eigenvalue weighted by atomic mass is 10.1. The number of fused-ring (bicyclic) bond motifs is 1. The molecule has 1 heterocycles. The van der Waals surface area contributed by atoms with Gasteiger partial charge in [-0.05, 0) is 109 Å². The van der Waals surface area contributed by atoms with Crippen LogP contribution in [0.25, 0.3) is 11.1 Å². The Bertz CT molecular complexity index is 1540. The van der Waals surface area contributed by atoms with Crippen LogP contribution >= 0.6 is 0 Å². The van der Waals surface area contributed by atoms with E-state index in [1.54, 1.807) is 0 Å². The predicted molar refractivity (Wildman–Crippen MR) is 166 cm³/mol. The van der Waals surface area contributed by atoms with Gasteiger partial charge < -0.3 is 9.13 Å². The van der Waals surface area contributed by atoms with E-state index in [1.807, 2.05) is 0 Å². The van der Waals surface area contributed by atoms with Gasteiger partial charge in [-0.2, -0.15) is 0 Å². The smallest absolute Gasteiger partial charge is 0.303 e. The second-order valence-electron chi connectivity index (χ2n) is 10.7. The summed E-state index contributed by atoms with van der Waals surface area (Å²) >= 11 is 0. The Hall–Kier alpha value is -4.08. The van der Waals surface area contributed by atoms with E-state index in [9.17, 15) is 0 Å². The van der Waals surface area contributed by atoms with Crippen molar-refractivity contribution in [3.05, 3.63) is 138 Å². The van der Waals surface area contributed by atoms with E-state index in [-0.39, 0.29) is 0 Å². The third-order valence-corrected chi connectivity index (χ3v) is 12.2. The molecule has 0 bridgehead atoms. The number of hydrogen-bond donors (Lipinski definition) is 0. The molecule has 0 aromatic heterocycles. The van der Waals surface area contributed by atoms with Gasteiger partial charge in [-0.25, -0.2) is 0 Å². The minimum atomic E-state index is -2.56. The van der Waals surface area contributed by atoms with Crippen molar-refractivity contribution in [1.82, 2.24) is 0 Å². The molecule has 2 nitrogen and oxygen atoms in total. The van der Waals surface area contributed by atoms with Gasteiger partial charge in [0.1, 0.15) is 0 Å². The zero-order chi connectivity index (χ0) is 26.4. The maximum absolute atomic E-state index is 2.67. The number of aryl methyl sites for hydroxylation is 4. The van der Waals surface area contributed by atoms with Crippen LogP contribution in [0.15, 0.2) is 115 Å². The van der Waals surface area contributed by atoms with Crippen LogP contribution in [0.3, 0.4) is 0 Å². The highest BCUT2D eigenvalue weighted by molar-refractivity contribution is 7.00. The quantitative estimate of drug-likeness (QED) is 0.223. The molecule has 38 heavy (non-hydrogen) atoms. The number of nitrogens with zero attached hydrogens (tertiary/aromatic N) is 2. The molecule has 3 heteroatoms. The van der Waals surface area contributed by atoms with Crippen molar-refractivity contribution in [2.24, 2.45) is 0 Å². The van der Waals surface area contributed by atoms with Gasteiger partial charge in [0.2, 0.25) is 0 Å². The van der Waals surface area contributed by atoms with Crippen LogP contribution in [-0.2, 0) is 0 Å². The van der Waals surface area contributed by atoms with Crippen LogP contribution < -0.4 is 14.3 Å². The van der Waals surface area contributed by atoms with Crippen LogP contribution in [0, 0.1) is 27.7 Å². The molecule has 0 spiro atoms. The summed E-state index contributed by atoms with van der Waals surface area (Å²) in [5, 5.41) is 1.38. The van der Waals surface area contributed by atoms with Crippen LogP contribution in [0.2, 0.25) is 6.55 Å². The Labute approximate surface area is 228 Å². The molecule has 5 aromatic carbocycles. The third-order valence-electron chi connectivity index (χ3n) is 8.00. The average molecular weight is 511 g/mol.